The van der Waals surface area contributed by atoms with E-state index in [1.807, 2.05) is 0 Å². The molecule has 0 aliphatic rings. The summed E-state index contributed by atoms with van der Waals surface area (Å²) in [5, 5.41) is 12.0. The summed E-state index contributed by atoms with van der Waals surface area (Å²) >= 11 is 0. The molecule has 8 heteroatoms. The number of aryl methyl sites for hydroxylation is 1. The van der Waals surface area contributed by atoms with Crippen LogP contribution in [0.15, 0.2) is 22.2 Å². The van der Waals surface area contributed by atoms with E-state index in [0.29, 0.717) is 5.56 Å². The summed E-state index contributed by atoms with van der Waals surface area (Å²) < 4.78 is 0. The standard InChI is InChI=1S/C8H11N5O3/c1-5-4-13(11-2-6(5)14)12-8(9)10-3-7(15)16/h2,4H,3H2,1H3,(H,15,16)(H3,9,10,12). The summed E-state index contributed by atoms with van der Waals surface area (Å²) in [6.45, 7) is 1.19. The first-order valence-corrected chi connectivity index (χ1v) is 4.33. The van der Waals surface area contributed by atoms with Crippen LogP contribution in [-0.2, 0) is 4.79 Å². The van der Waals surface area contributed by atoms with Crippen molar-refractivity contribution < 1.29 is 9.90 Å². The van der Waals surface area contributed by atoms with E-state index in [4.69, 9.17) is 10.8 Å². The van der Waals surface area contributed by atoms with Crippen LogP contribution in [0.1, 0.15) is 5.56 Å². The monoisotopic (exact) mass is 225 g/mol. The number of carbonyl (C=O) groups is 1. The Kier molecular flexibility index (Phi) is 3.59. The Morgan fingerprint density at radius 2 is 2.44 bits per heavy atom. The number of aliphatic imine (C=N–C) groups is 1. The van der Waals surface area contributed by atoms with Crippen molar-refractivity contribution in [1.29, 1.82) is 0 Å². The van der Waals surface area contributed by atoms with E-state index in [-0.39, 0.29) is 11.4 Å². The molecule has 0 radical (unpaired) electrons. The molecule has 0 aromatic carbocycles. The van der Waals surface area contributed by atoms with E-state index < -0.39 is 12.5 Å². The number of nitrogens with one attached hydrogen (secondary N) is 1. The first kappa shape index (κ1) is 11.7. The zero-order chi connectivity index (χ0) is 12.1. The number of guanidine groups is 1. The van der Waals surface area contributed by atoms with Crippen molar-refractivity contribution >= 4 is 11.9 Å². The molecule has 0 aliphatic heterocycles. The fraction of sp³-hybridized carbons (Fsp3) is 0.250. The third kappa shape index (κ3) is 3.40. The van der Waals surface area contributed by atoms with Crippen molar-refractivity contribution in [1.82, 2.24) is 9.89 Å². The summed E-state index contributed by atoms with van der Waals surface area (Å²) in [6, 6.07) is 0. The third-order valence-electron chi connectivity index (χ3n) is 1.62. The molecule has 0 bridgehead atoms. The van der Waals surface area contributed by atoms with Crippen LogP contribution in [0.2, 0.25) is 0 Å². The minimum Gasteiger partial charge on any atom is -0.480 e. The van der Waals surface area contributed by atoms with Gasteiger partial charge in [-0.15, -0.1) is 0 Å². The molecule has 0 unspecified atom stereocenters. The van der Waals surface area contributed by atoms with Crippen LogP contribution < -0.4 is 16.6 Å². The number of aromatic nitrogens is 2. The van der Waals surface area contributed by atoms with Crippen molar-refractivity contribution in [3.05, 3.63) is 28.2 Å². The highest BCUT2D eigenvalue weighted by atomic mass is 16.4. The SMILES string of the molecule is Cc1cn(NC(N)=NCC(=O)O)ncc1=O. The highest BCUT2D eigenvalue weighted by Crippen LogP contribution is 1.83. The number of carboxylic acid groups (broad SMARTS) is 1. The van der Waals surface area contributed by atoms with Crippen LogP contribution in [-0.4, -0.2) is 33.5 Å². The highest BCUT2D eigenvalue weighted by molar-refractivity contribution is 5.87. The van der Waals surface area contributed by atoms with Crippen molar-refractivity contribution in [2.45, 2.75) is 6.92 Å². The molecule has 8 nitrogen and oxygen atoms in total. The minimum atomic E-state index is -1.09. The second kappa shape index (κ2) is 4.91. The van der Waals surface area contributed by atoms with E-state index in [0.717, 1.165) is 6.20 Å². The smallest absolute Gasteiger partial charge is 0.325 e. The molecule has 0 spiro atoms. The van der Waals surface area contributed by atoms with Gasteiger partial charge in [0.2, 0.25) is 11.4 Å². The molecule has 4 N–H and O–H groups in total. The van der Waals surface area contributed by atoms with Gasteiger partial charge in [0.25, 0.3) is 0 Å². The predicted octanol–water partition coefficient (Wildman–Crippen LogP) is -1.51. The van der Waals surface area contributed by atoms with Gasteiger partial charge >= 0.3 is 5.97 Å². The molecule has 1 heterocycles. The zero-order valence-electron chi connectivity index (χ0n) is 8.54. The maximum Gasteiger partial charge on any atom is 0.325 e. The number of aliphatic carboxylic acids is 1. The fourth-order valence-electron chi connectivity index (χ4n) is 0.864. The largest absolute Gasteiger partial charge is 0.480 e. The fourth-order valence-corrected chi connectivity index (χ4v) is 0.864. The Hall–Kier alpha value is -2.38. The maximum absolute atomic E-state index is 11.0. The van der Waals surface area contributed by atoms with E-state index in [1.165, 1.54) is 11.0 Å². The van der Waals surface area contributed by atoms with Crippen molar-refractivity contribution in [3.8, 4) is 0 Å². The third-order valence-corrected chi connectivity index (χ3v) is 1.62. The molecule has 1 aromatic rings. The molecule has 0 fully saturated rings. The Balaban J connectivity index is 2.73. The van der Waals surface area contributed by atoms with Crippen molar-refractivity contribution in [2.75, 3.05) is 12.0 Å². The van der Waals surface area contributed by atoms with E-state index in [1.54, 1.807) is 6.92 Å². The number of hydrogen-bond acceptors (Lipinski definition) is 4. The summed E-state index contributed by atoms with van der Waals surface area (Å²) in [6.07, 6.45) is 2.54. The van der Waals surface area contributed by atoms with Crippen LogP contribution in [0.25, 0.3) is 0 Å². The number of nitrogens with zero attached hydrogens (tertiary/aromatic N) is 3. The average molecular weight is 225 g/mol. The molecule has 86 valence electrons. The lowest BCUT2D eigenvalue weighted by molar-refractivity contribution is -0.135. The molecule has 0 saturated carbocycles. The highest BCUT2D eigenvalue weighted by Gasteiger charge is 1.98. The van der Waals surface area contributed by atoms with Crippen LogP contribution in [0.3, 0.4) is 0 Å². The van der Waals surface area contributed by atoms with Gasteiger partial charge in [-0.05, 0) is 6.92 Å². The van der Waals surface area contributed by atoms with E-state index in [9.17, 15) is 9.59 Å². The zero-order valence-corrected chi connectivity index (χ0v) is 8.54. The average Bonchev–Trinajstić information content (AvgIpc) is 2.21. The number of rotatable bonds is 3. The van der Waals surface area contributed by atoms with Crippen molar-refractivity contribution in [3.63, 3.8) is 0 Å². The minimum absolute atomic E-state index is 0.0991. The second-order valence-electron chi connectivity index (χ2n) is 2.97. The lowest BCUT2D eigenvalue weighted by Gasteiger charge is -2.07. The quantitative estimate of drug-likeness (QED) is 0.424. The van der Waals surface area contributed by atoms with Crippen LogP contribution in [0, 0.1) is 6.92 Å². The van der Waals surface area contributed by atoms with Gasteiger partial charge in [-0.2, -0.15) is 9.89 Å². The van der Waals surface area contributed by atoms with Gasteiger partial charge in [0.15, 0.2) is 0 Å². The molecular weight excluding hydrogens is 214 g/mol. The van der Waals surface area contributed by atoms with Crippen LogP contribution in [0.4, 0.5) is 0 Å². The van der Waals surface area contributed by atoms with E-state index in [2.05, 4.69) is 15.5 Å². The number of carboxylic acids is 1. The lowest BCUT2D eigenvalue weighted by atomic mass is 10.3. The van der Waals surface area contributed by atoms with Gasteiger partial charge in [-0.1, -0.05) is 0 Å². The predicted molar refractivity (Wildman–Crippen MR) is 56.7 cm³/mol. The van der Waals surface area contributed by atoms with Gasteiger partial charge in [0.1, 0.15) is 6.54 Å². The molecule has 0 saturated heterocycles. The van der Waals surface area contributed by atoms with Crippen LogP contribution in [0.5, 0.6) is 0 Å². The van der Waals surface area contributed by atoms with Gasteiger partial charge in [-0.3, -0.25) is 9.59 Å². The van der Waals surface area contributed by atoms with Gasteiger partial charge in [-0.25, -0.2) is 10.4 Å². The first-order chi connectivity index (χ1) is 7.49. The molecule has 1 aromatic heterocycles. The Bertz CT molecular complexity index is 479. The summed E-state index contributed by atoms with van der Waals surface area (Å²) in [5.41, 5.74) is 8.16. The Morgan fingerprint density at radius 1 is 1.75 bits per heavy atom. The Labute approximate surface area is 90.4 Å². The normalized spacial score (nSPS) is 11.2. The topological polar surface area (TPSA) is 123 Å². The number of nitrogens with two attached hydrogens (primary N) is 1. The molecule has 0 amide bonds. The molecule has 16 heavy (non-hydrogen) atoms. The van der Waals surface area contributed by atoms with Gasteiger partial charge in [0, 0.05) is 5.56 Å². The van der Waals surface area contributed by atoms with E-state index >= 15 is 0 Å². The molecular formula is C8H11N5O3. The molecule has 0 atom stereocenters. The lowest BCUT2D eigenvalue weighted by Crippen LogP contribution is -2.33. The van der Waals surface area contributed by atoms with Gasteiger partial charge < -0.3 is 10.8 Å². The Morgan fingerprint density at radius 3 is 3.00 bits per heavy atom. The second-order valence-corrected chi connectivity index (χ2v) is 2.97. The maximum atomic E-state index is 11.0. The summed E-state index contributed by atoms with van der Waals surface area (Å²) in [5.74, 6) is -1.19. The summed E-state index contributed by atoms with van der Waals surface area (Å²) in [7, 11) is 0. The number of hydrogen-bond donors (Lipinski definition) is 3. The molecule has 1 rings (SSSR count). The summed E-state index contributed by atoms with van der Waals surface area (Å²) in [4.78, 5) is 25.9. The first-order valence-electron chi connectivity index (χ1n) is 4.33. The van der Waals surface area contributed by atoms with Gasteiger partial charge in [0.05, 0.1) is 12.4 Å². The van der Waals surface area contributed by atoms with Crippen LogP contribution >= 0.6 is 0 Å². The van der Waals surface area contributed by atoms with Crippen molar-refractivity contribution in [2.24, 2.45) is 10.7 Å². The molecule has 0 aliphatic carbocycles.